The van der Waals surface area contributed by atoms with E-state index in [0.717, 1.165) is 0 Å². The van der Waals surface area contributed by atoms with E-state index < -0.39 is 59.1 Å². The van der Waals surface area contributed by atoms with E-state index in [0.29, 0.717) is 0 Å². The minimum atomic E-state index is -2.41. The van der Waals surface area contributed by atoms with Gasteiger partial charge in [0.05, 0.1) is 6.54 Å². The Morgan fingerprint density at radius 3 is 1.80 bits per heavy atom. The topological polar surface area (TPSA) is 92.4 Å². The lowest BCUT2D eigenvalue weighted by Gasteiger charge is -2.10. The SMILES string of the molecule is NC(=O)C(O)CNC(=O)c1c(F)c(F)c(F)c(F)c1F. The van der Waals surface area contributed by atoms with Gasteiger partial charge in [0.25, 0.3) is 5.91 Å². The molecule has 0 radical (unpaired) electrons. The minimum Gasteiger partial charge on any atom is -0.381 e. The summed E-state index contributed by atoms with van der Waals surface area (Å²) in [5.74, 6) is -14.6. The highest BCUT2D eigenvalue weighted by atomic mass is 19.2. The molecule has 1 rings (SSSR count). The smallest absolute Gasteiger partial charge is 0.257 e. The average molecular weight is 298 g/mol. The number of halogens is 5. The molecule has 0 aromatic heterocycles. The van der Waals surface area contributed by atoms with Crippen molar-refractivity contribution in [3.05, 3.63) is 34.6 Å². The van der Waals surface area contributed by atoms with Crippen molar-refractivity contribution in [3.63, 3.8) is 0 Å². The molecular weight excluding hydrogens is 291 g/mol. The Labute approximate surface area is 108 Å². The van der Waals surface area contributed by atoms with E-state index in [2.05, 4.69) is 5.73 Å². The highest BCUT2D eigenvalue weighted by molar-refractivity contribution is 5.95. The number of primary amides is 1. The predicted molar refractivity (Wildman–Crippen MR) is 53.8 cm³/mol. The van der Waals surface area contributed by atoms with Crippen LogP contribution in [-0.2, 0) is 4.79 Å². The van der Waals surface area contributed by atoms with E-state index in [9.17, 15) is 31.5 Å². The number of carbonyl (C=O) groups excluding carboxylic acids is 2. The van der Waals surface area contributed by atoms with E-state index in [-0.39, 0.29) is 0 Å². The molecule has 10 heteroatoms. The number of hydrogen-bond donors (Lipinski definition) is 3. The van der Waals surface area contributed by atoms with Crippen LogP contribution in [0.3, 0.4) is 0 Å². The summed E-state index contributed by atoms with van der Waals surface area (Å²) in [5, 5.41) is 10.5. The summed E-state index contributed by atoms with van der Waals surface area (Å²) >= 11 is 0. The van der Waals surface area contributed by atoms with Gasteiger partial charge in [0.1, 0.15) is 11.7 Å². The number of benzene rings is 1. The molecule has 0 saturated heterocycles. The van der Waals surface area contributed by atoms with Crippen LogP contribution in [-0.4, -0.2) is 29.6 Å². The largest absolute Gasteiger partial charge is 0.381 e. The normalized spacial score (nSPS) is 12.1. The van der Waals surface area contributed by atoms with E-state index in [4.69, 9.17) is 5.11 Å². The molecule has 0 heterocycles. The molecule has 0 aliphatic rings. The van der Waals surface area contributed by atoms with Crippen molar-refractivity contribution in [1.82, 2.24) is 5.32 Å². The van der Waals surface area contributed by atoms with Crippen molar-refractivity contribution in [1.29, 1.82) is 0 Å². The number of rotatable bonds is 4. The van der Waals surface area contributed by atoms with Crippen LogP contribution in [0.1, 0.15) is 10.4 Å². The van der Waals surface area contributed by atoms with Gasteiger partial charge in [-0.3, -0.25) is 9.59 Å². The molecule has 2 amide bonds. The van der Waals surface area contributed by atoms with Crippen LogP contribution >= 0.6 is 0 Å². The van der Waals surface area contributed by atoms with Gasteiger partial charge in [-0.25, -0.2) is 22.0 Å². The Morgan fingerprint density at radius 1 is 1.00 bits per heavy atom. The first kappa shape index (κ1) is 15.8. The Kier molecular flexibility index (Phi) is 4.61. The van der Waals surface area contributed by atoms with Crippen LogP contribution in [0.5, 0.6) is 0 Å². The zero-order valence-corrected chi connectivity index (χ0v) is 9.52. The van der Waals surface area contributed by atoms with Crippen LogP contribution in [0.2, 0.25) is 0 Å². The Balaban J connectivity index is 3.08. The molecule has 110 valence electrons. The Bertz CT molecular complexity index is 549. The standard InChI is InChI=1S/C10H7F5N2O3/c11-4-3(5(12)7(14)8(15)6(4)13)10(20)17-1-2(18)9(16)19/h2,18H,1H2,(H2,16,19)(H,17,20). The lowest BCUT2D eigenvalue weighted by atomic mass is 10.1. The minimum absolute atomic E-state index is 0.854. The molecule has 5 nitrogen and oxygen atoms in total. The van der Waals surface area contributed by atoms with Crippen molar-refractivity contribution in [2.45, 2.75) is 6.10 Å². The highest BCUT2D eigenvalue weighted by Gasteiger charge is 2.29. The second-order valence-electron chi connectivity index (χ2n) is 3.57. The Morgan fingerprint density at radius 2 is 1.40 bits per heavy atom. The third-order valence-electron chi connectivity index (χ3n) is 2.22. The third-order valence-corrected chi connectivity index (χ3v) is 2.22. The summed E-state index contributed by atoms with van der Waals surface area (Å²) in [7, 11) is 0. The Hall–Kier alpha value is -2.23. The van der Waals surface area contributed by atoms with Crippen LogP contribution in [0.15, 0.2) is 0 Å². The molecule has 1 aromatic carbocycles. The highest BCUT2D eigenvalue weighted by Crippen LogP contribution is 2.22. The second kappa shape index (κ2) is 5.82. The van der Waals surface area contributed by atoms with E-state index in [1.165, 1.54) is 0 Å². The van der Waals surface area contributed by atoms with Crippen molar-refractivity contribution >= 4 is 11.8 Å². The monoisotopic (exact) mass is 298 g/mol. The number of amides is 2. The van der Waals surface area contributed by atoms with E-state index in [1.54, 1.807) is 5.32 Å². The number of nitrogens with one attached hydrogen (secondary N) is 1. The van der Waals surface area contributed by atoms with Crippen LogP contribution in [0.4, 0.5) is 22.0 Å². The summed E-state index contributed by atoms with van der Waals surface area (Å²) < 4.78 is 64.8. The fourth-order valence-corrected chi connectivity index (χ4v) is 1.18. The first-order valence-electron chi connectivity index (χ1n) is 4.95. The van der Waals surface area contributed by atoms with Gasteiger partial charge in [-0.1, -0.05) is 0 Å². The maximum Gasteiger partial charge on any atom is 0.257 e. The molecule has 0 fully saturated rings. The zero-order chi connectivity index (χ0) is 15.6. The molecule has 1 unspecified atom stereocenters. The first-order chi connectivity index (χ1) is 9.18. The van der Waals surface area contributed by atoms with Crippen molar-refractivity contribution < 1.29 is 36.6 Å². The molecule has 0 aliphatic heterocycles. The molecule has 1 atom stereocenters. The second-order valence-corrected chi connectivity index (χ2v) is 3.57. The number of nitrogens with two attached hydrogens (primary N) is 1. The zero-order valence-electron chi connectivity index (χ0n) is 9.52. The molecule has 0 spiro atoms. The lowest BCUT2D eigenvalue weighted by Crippen LogP contribution is -2.40. The maximum absolute atomic E-state index is 13.2. The number of aliphatic hydroxyl groups excluding tert-OH is 1. The number of aliphatic hydroxyl groups is 1. The number of hydrogen-bond acceptors (Lipinski definition) is 3. The van der Waals surface area contributed by atoms with E-state index in [1.807, 2.05) is 0 Å². The fraction of sp³-hybridized carbons (Fsp3) is 0.200. The van der Waals surface area contributed by atoms with Gasteiger partial charge in [0.15, 0.2) is 23.3 Å². The van der Waals surface area contributed by atoms with Gasteiger partial charge in [0, 0.05) is 0 Å². The van der Waals surface area contributed by atoms with Gasteiger partial charge >= 0.3 is 0 Å². The number of carbonyl (C=O) groups is 2. The van der Waals surface area contributed by atoms with Crippen LogP contribution < -0.4 is 11.1 Å². The van der Waals surface area contributed by atoms with Gasteiger partial charge in [-0.05, 0) is 0 Å². The van der Waals surface area contributed by atoms with E-state index >= 15 is 0 Å². The van der Waals surface area contributed by atoms with Gasteiger partial charge in [0.2, 0.25) is 11.7 Å². The van der Waals surface area contributed by atoms with Crippen molar-refractivity contribution in [3.8, 4) is 0 Å². The van der Waals surface area contributed by atoms with Crippen LogP contribution in [0, 0.1) is 29.1 Å². The van der Waals surface area contributed by atoms with Gasteiger partial charge in [-0.15, -0.1) is 0 Å². The summed E-state index contributed by atoms with van der Waals surface area (Å²) in [6.07, 6.45) is -1.87. The molecule has 0 aliphatic carbocycles. The molecule has 4 N–H and O–H groups in total. The molecule has 20 heavy (non-hydrogen) atoms. The van der Waals surface area contributed by atoms with Gasteiger partial charge < -0.3 is 16.2 Å². The van der Waals surface area contributed by atoms with Crippen LogP contribution in [0.25, 0.3) is 0 Å². The quantitative estimate of drug-likeness (QED) is 0.414. The maximum atomic E-state index is 13.2. The molecule has 0 saturated carbocycles. The predicted octanol–water partition coefficient (Wildman–Crippen LogP) is -0.0419. The summed E-state index contributed by atoms with van der Waals surface area (Å²) in [6.45, 7) is -0.854. The summed E-state index contributed by atoms with van der Waals surface area (Å²) in [5.41, 5.74) is 2.91. The summed E-state index contributed by atoms with van der Waals surface area (Å²) in [4.78, 5) is 21.8. The molecule has 0 bridgehead atoms. The van der Waals surface area contributed by atoms with Crippen molar-refractivity contribution in [2.75, 3.05) is 6.54 Å². The average Bonchev–Trinajstić information content (AvgIpc) is 2.40. The third kappa shape index (κ3) is 2.85. The van der Waals surface area contributed by atoms with Crippen molar-refractivity contribution in [2.24, 2.45) is 5.73 Å². The molecular formula is C10H7F5N2O3. The summed E-state index contributed by atoms with van der Waals surface area (Å²) in [6, 6.07) is 0. The lowest BCUT2D eigenvalue weighted by molar-refractivity contribution is -0.125. The van der Waals surface area contributed by atoms with Gasteiger partial charge in [-0.2, -0.15) is 0 Å². The fourth-order valence-electron chi connectivity index (χ4n) is 1.18. The first-order valence-corrected chi connectivity index (χ1v) is 4.95. The molecule has 1 aromatic rings.